The summed E-state index contributed by atoms with van der Waals surface area (Å²) in [6.07, 6.45) is 0. The fourth-order valence-electron chi connectivity index (χ4n) is 3.87. The number of carbonyl (C=O) groups excluding carboxylic acids is 3. The molecule has 0 saturated carbocycles. The number of fused-ring (bicyclic) bond motifs is 1. The Kier molecular flexibility index (Phi) is 9.16. The van der Waals surface area contributed by atoms with Crippen molar-refractivity contribution in [2.45, 2.75) is 43.0 Å². The van der Waals surface area contributed by atoms with E-state index in [1.807, 2.05) is 0 Å². The summed E-state index contributed by atoms with van der Waals surface area (Å²) in [6.45, 7) is 4.88. The number of aliphatic carboxylic acids is 1. The van der Waals surface area contributed by atoms with Crippen LogP contribution in [0.1, 0.15) is 30.0 Å². The van der Waals surface area contributed by atoms with Crippen molar-refractivity contribution in [3.8, 4) is 11.3 Å². The first-order valence-corrected chi connectivity index (χ1v) is 10.2. The van der Waals surface area contributed by atoms with Crippen LogP contribution < -0.4 is 40.0 Å². The number of thioether (sulfide) groups is 1. The number of hydrogen-bond donors (Lipinski definition) is 1. The summed E-state index contributed by atoms with van der Waals surface area (Å²) in [6, 6.07) is 2.01. The summed E-state index contributed by atoms with van der Waals surface area (Å²) in [5.41, 5.74) is -0.216. The van der Waals surface area contributed by atoms with Crippen molar-refractivity contribution < 1.29 is 68.9 Å². The van der Waals surface area contributed by atoms with Crippen LogP contribution in [0.2, 0.25) is 5.02 Å². The number of rotatable bonds is 4. The molecule has 3 atom stereocenters. The maximum absolute atomic E-state index is 14.3. The Morgan fingerprint density at radius 3 is 2.55 bits per heavy atom. The Balaban J connectivity index is 0.00000181. The Bertz CT molecular complexity index is 1080. The first-order chi connectivity index (χ1) is 14.0. The van der Waals surface area contributed by atoms with Gasteiger partial charge in [-0.3, -0.25) is 9.59 Å². The molecule has 10 nitrogen and oxygen atoms in total. The molecule has 2 aliphatic heterocycles. The zero-order valence-corrected chi connectivity index (χ0v) is 21.6. The number of β-lactam (4-membered cyclic amide) rings is 1. The van der Waals surface area contributed by atoms with Crippen LogP contribution in [0.3, 0.4) is 0 Å². The molecule has 2 fully saturated rings. The molecule has 1 aromatic heterocycles. The summed E-state index contributed by atoms with van der Waals surface area (Å²) in [4.78, 5) is 38.3. The van der Waals surface area contributed by atoms with Crippen LogP contribution in [0.4, 0.5) is 4.39 Å². The fraction of sp³-hybridized carbons (Fsp3) is 0.368. The van der Waals surface area contributed by atoms with Gasteiger partial charge in [-0.25, -0.2) is 4.39 Å². The van der Waals surface area contributed by atoms with Crippen molar-refractivity contribution in [2.75, 3.05) is 0 Å². The van der Waals surface area contributed by atoms with Gasteiger partial charge in [0.25, 0.3) is 5.91 Å². The average Bonchev–Trinajstić information content (AvgIpc) is 3.14. The van der Waals surface area contributed by atoms with Gasteiger partial charge >= 0.3 is 29.6 Å². The van der Waals surface area contributed by atoms with Crippen molar-refractivity contribution in [1.29, 1.82) is 0 Å². The van der Waals surface area contributed by atoms with Crippen molar-refractivity contribution >= 4 is 41.1 Å². The topological polar surface area (TPSA) is 179 Å². The van der Waals surface area contributed by atoms with Crippen LogP contribution in [-0.4, -0.2) is 61.0 Å². The third kappa shape index (κ3) is 4.65. The summed E-state index contributed by atoms with van der Waals surface area (Å²) in [5.74, 6) is -3.13. The van der Waals surface area contributed by atoms with E-state index in [-0.39, 0.29) is 68.1 Å². The average molecular weight is 512 g/mol. The molecule has 2 aliphatic rings. The fourth-order valence-corrected chi connectivity index (χ4v) is 5.75. The number of halogens is 2. The zero-order chi connectivity index (χ0) is 22.0. The number of aryl methyl sites for hydroxylation is 1. The molecule has 2 aromatic rings. The second-order valence-corrected chi connectivity index (χ2v) is 9.77. The molecule has 0 unspecified atom stereocenters. The van der Waals surface area contributed by atoms with Gasteiger partial charge < -0.3 is 35.6 Å². The second kappa shape index (κ2) is 10.3. The van der Waals surface area contributed by atoms with Crippen molar-refractivity contribution in [3.05, 3.63) is 40.4 Å². The summed E-state index contributed by atoms with van der Waals surface area (Å²) < 4.78 is 18.7. The van der Waals surface area contributed by atoms with Gasteiger partial charge in [0.2, 0.25) is 5.91 Å². The molecule has 33 heavy (non-hydrogen) atoms. The summed E-state index contributed by atoms with van der Waals surface area (Å²) >= 11 is 7.35. The standard InChI is InChI=1S/C19H17ClFN3O5S.Na.2H2O/c1-7-10(12(23-29-7)11-8(20)5-4-6-9(11)21)15(25)22-13-16(26)24-14(18(27)28)19(2,3)30-17(13)24;;;/h4-6,13-14,17H,1-3H3,(H,22,25)(H,27,28);;2*1H2/q;+1;;/p-1/t13-,14+,17-;;;/m1.../s1. The molecular formula is C19H20ClFN3NaO7S. The van der Waals surface area contributed by atoms with Gasteiger partial charge in [-0.1, -0.05) is 22.8 Å². The number of carboxylic acids is 1. The van der Waals surface area contributed by atoms with Gasteiger partial charge in [-0.2, -0.15) is 0 Å². The third-order valence-electron chi connectivity index (χ3n) is 5.24. The number of nitrogens with one attached hydrogen (secondary N) is 1. The van der Waals surface area contributed by atoms with E-state index >= 15 is 0 Å². The smallest absolute Gasteiger partial charge is 0.548 e. The molecule has 0 aliphatic carbocycles. The molecule has 5 N–H and O–H groups in total. The minimum Gasteiger partial charge on any atom is -0.548 e. The molecule has 0 spiro atoms. The van der Waals surface area contributed by atoms with E-state index in [1.165, 1.54) is 41.8 Å². The molecule has 2 amide bonds. The van der Waals surface area contributed by atoms with Crippen LogP contribution >= 0.6 is 23.4 Å². The van der Waals surface area contributed by atoms with Gasteiger partial charge in [0.15, 0.2) is 0 Å². The van der Waals surface area contributed by atoms with Crippen LogP contribution in [0.5, 0.6) is 0 Å². The van der Waals surface area contributed by atoms with Crippen molar-refractivity contribution in [1.82, 2.24) is 15.4 Å². The molecule has 1 aromatic carbocycles. The summed E-state index contributed by atoms with van der Waals surface area (Å²) in [5, 5.41) is 17.4. The number of carboxylic acid groups (broad SMARTS) is 1. The number of hydrogen-bond acceptors (Lipinski definition) is 7. The third-order valence-corrected chi connectivity index (χ3v) is 7.13. The predicted molar refractivity (Wildman–Crippen MR) is 111 cm³/mol. The first-order valence-electron chi connectivity index (χ1n) is 8.97. The molecule has 0 bridgehead atoms. The maximum atomic E-state index is 14.3. The minimum atomic E-state index is -1.35. The molecule has 2 saturated heterocycles. The number of amides is 2. The largest absolute Gasteiger partial charge is 1.00 e. The quantitative estimate of drug-likeness (QED) is 0.330. The zero-order valence-electron chi connectivity index (χ0n) is 18.1. The second-order valence-electron chi connectivity index (χ2n) is 7.59. The summed E-state index contributed by atoms with van der Waals surface area (Å²) in [7, 11) is 0. The predicted octanol–water partition coefficient (Wildman–Crippen LogP) is -3.29. The molecule has 174 valence electrons. The van der Waals surface area contributed by atoms with E-state index in [0.29, 0.717) is 0 Å². The van der Waals surface area contributed by atoms with E-state index in [1.54, 1.807) is 13.8 Å². The maximum Gasteiger partial charge on any atom is 1.00 e. The number of nitrogens with zero attached hydrogens (tertiary/aromatic N) is 2. The van der Waals surface area contributed by atoms with Gasteiger partial charge in [0.05, 0.1) is 22.6 Å². The molecule has 4 rings (SSSR count). The van der Waals surface area contributed by atoms with E-state index < -0.39 is 45.8 Å². The van der Waals surface area contributed by atoms with Gasteiger partial charge in [-0.15, -0.1) is 11.8 Å². The molecular weight excluding hydrogens is 492 g/mol. The van der Waals surface area contributed by atoms with Crippen molar-refractivity contribution in [2.24, 2.45) is 0 Å². The van der Waals surface area contributed by atoms with E-state index in [4.69, 9.17) is 16.1 Å². The normalized spacial score (nSPS) is 22.2. The SMILES string of the molecule is Cc1onc(-c2c(F)cccc2Cl)c1C(=O)N[C@@H]1C(=O)N2[C@@H]1SC(C)(C)[C@@H]2C(=O)[O-].O.O.[Na+]. The number of carbonyl (C=O) groups is 3. The van der Waals surface area contributed by atoms with Crippen LogP contribution in [-0.2, 0) is 9.59 Å². The Morgan fingerprint density at radius 1 is 1.33 bits per heavy atom. The van der Waals surface area contributed by atoms with E-state index in [0.717, 1.165) is 0 Å². The van der Waals surface area contributed by atoms with Crippen LogP contribution in [0.15, 0.2) is 22.7 Å². The Labute approximate surface area is 219 Å². The van der Waals surface area contributed by atoms with Gasteiger partial charge in [0.1, 0.15) is 34.3 Å². The molecule has 3 heterocycles. The Morgan fingerprint density at radius 2 is 1.97 bits per heavy atom. The monoisotopic (exact) mass is 511 g/mol. The van der Waals surface area contributed by atoms with Gasteiger partial charge in [0, 0.05) is 4.75 Å². The van der Waals surface area contributed by atoms with Crippen LogP contribution in [0.25, 0.3) is 11.3 Å². The first kappa shape index (κ1) is 29.4. The minimum absolute atomic E-state index is 0. The number of aromatic nitrogens is 1. The van der Waals surface area contributed by atoms with Crippen molar-refractivity contribution in [3.63, 3.8) is 0 Å². The van der Waals surface area contributed by atoms with E-state index in [9.17, 15) is 23.9 Å². The van der Waals surface area contributed by atoms with E-state index in [2.05, 4.69) is 10.5 Å². The number of benzene rings is 1. The molecule has 0 radical (unpaired) electrons. The van der Waals surface area contributed by atoms with Gasteiger partial charge in [-0.05, 0) is 32.9 Å². The Hall–Kier alpha value is -1.67. The van der Waals surface area contributed by atoms with Crippen LogP contribution in [0, 0.1) is 12.7 Å². The molecule has 14 heteroatoms.